The van der Waals surface area contributed by atoms with Gasteiger partial charge in [0, 0.05) is 81.6 Å². The third kappa shape index (κ3) is 23.6. The minimum absolute atomic E-state index is 0.000739. The normalized spacial score (nSPS) is 12.8. The minimum atomic E-state index is -1.24. The lowest BCUT2D eigenvalue weighted by molar-refractivity contribution is -0.149. The van der Waals surface area contributed by atoms with Crippen LogP contribution in [0.25, 0.3) is 0 Å². The standard InChI is InChI=1S/C40H68N6O14/c1-25(2)30(47)10-13-34(51)60-23-21-46(20-17-44-33(50)12-9-29(42)38(56)57)39(58)40(6,7)24-27(5)31(48)15-22-59-35(52)14-18-45(36(53)26(3)4)19-16-43-32(49)11-8-28(41)37(54)55/h25-29H,8-24,41-42H2,1-7H3,(H,43,49)(H,44,50)(H,54,55)(H,56,57)/t27?,28-,29-/m0/s1. The Morgan fingerprint density at radius 3 is 1.55 bits per heavy atom. The summed E-state index contributed by atoms with van der Waals surface area (Å²) in [6.45, 7) is 11.4. The Bertz CT molecular complexity index is 1480. The van der Waals surface area contributed by atoms with E-state index >= 15 is 0 Å². The van der Waals surface area contributed by atoms with Crippen molar-refractivity contribution in [3.05, 3.63) is 0 Å². The van der Waals surface area contributed by atoms with Gasteiger partial charge in [-0.2, -0.15) is 0 Å². The van der Waals surface area contributed by atoms with Crippen LogP contribution in [0.15, 0.2) is 0 Å². The zero-order chi connectivity index (χ0) is 46.2. The smallest absolute Gasteiger partial charge is 0.320 e. The molecule has 0 aliphatic rings. The molecule has 0 saturated carbocycles. The number of hydrogen-bond acceptors (Lipinski definition) is 14. The Balaban J connectivity index is 5.25. The van der Waals surface area contributed by atoms with E-state index in [2.05, 4.69) is 10.6 Å². The number of hydrogen-bond donors (Lipinski definition) is 6. The molecule has 8 N–H and O–H groups in total. The molecule has 0 heterocycles. The molecular formula is C40H68N6O14. The summed E-state index contributed by atoms with van der Waals surface area (Å²) in [7, 11) is 0. The van der Waals surface area contributed by atoms with Crippen LogP contribution in [-0.2, 0) is 57.4 Å². The fourth-order valence-corrected chi connectivity index (χ4v) is 5.73. The van der Waals surface area contributed by atoms with Crippen LogP contribution < -0.4 is 22.1 Å². The molecule has 1 unspecified atom stereocenters. The summed E-state index contributed by atoms with van der Waals surface area (Å²) in [5.41, 5.74) is 9.77. The summed E-state index contributed by atoms with van der Waals surface area (Å²) in [6, 6.07) is -2.38. The van der Waals surface area contributed by atoms with Crippen LogP contribution in [0.2, 0.25) is 0 Å². The van der Waals surface area contributed by atoms with Crippen LogP contribution in [0.4, 0.5) is 0 Å². The van der Waals surface area contributed by atoms with Crippen molar-refractivity contribution in [2.24, 2.45) is 34.6 Å². The van der Waals surface area contributed by atoms with E-state index in [4.69, 9.17) is 31.2 Å². The van der Waals surface area contributed by atoms with Gasteiger partial charge in [0.15, 0.2) is 0 Å². The lowest BCUT2D eigenvalue weighted by Crippen LogP contribution is -2.47. The van der Waals surface area contributed by atoms with E-state index in [1.807, 2.05) is 0 Å². The molecule has 60 heavy (non-hydrogen) atoms. The number of aliphatic carboxylic acids is 2. The highest BCUT2D eigenvalue weighted by atomic mass is 16.5. The number of carboxylic acid groups (broad SMARTS) is 2. The Morgan fingerprint density at radius 1 is 0.583 bits per heavy atom. The van der Waals surface area contributed by atoms with Gasteiger partial charge in [-0.05, 0) is 19.3 Å². The maximum Gasteiger partial charge on any atom is 0.320 e. The van der Waals surface area contributed by atoms with Crippen LogP contribution in [0.5, 0.6) is 0 Å². The van der Waals surface area contributed by atoms with Crippen LogP contribution in [0, 0.1) is 23.2 Å². The number of nitrogens with two attached hydrogens (primary N) is 2. The number of Topliss-reactive ketones (excluding diaryl/α,β-unsaturated/α-hetero) is 2. The maximum absolute atomic E-state index is 13.8. The van der Waals surface area contributed by atoms with Crippen molar-refractivity contribution in [1.29, 1.82) is 0 Å². The molecule has 0 aromatic heterocycles. The first kappa shape index (κ1) is 55.0. The summed E-state index contributed by atoms with van der Waals surface area (Å²) in [5, 5.41) is 23.0. The number of carboxylic acids is 2. The largest absolute Gasteiger partial charge is 0.480 e. The third-order valence-electron chi connectivity index (χ3n) is 9.49. The lowest BCUT2D eigenvalue weighted by Gasteiger charge is -2.33. The predicted molar refractivity (Wildman–Crippen MR) is 217 cm³/mol. The second-order valence-corrected chi connectivity index (χ2v) is 16.0. The number of ketones is 2. The molecule has 0 radical (unpaired) electrons. The van der Waals surface area contributed by atoms with Gasteiger partial charge in [-0.1, -0.05) is 48.5 Å². The first-order valence-corrected chi connectivity index (χ1v) is 20.3. The Kier molecular flexibility index (Phi) is 26.1. The number of ether oxygens (including phenoxy) is 2. The lowest BCUT2D eigenvalue weighted by atomic mass is 9.80. The fraction of sp³-hybridized carbons (Fsp3) is 0.750. The van der Waals surface area contributed by atoms with E-state index in [1.165, 1.54) is 9.80 Å². The van der Waals surface area contributed by atoms with Crippen LogP contribution in [0.1, 0.15) is 106 Å². The topological polar surface area (TPSA) is 312 Å². The van der Waals surface area contributed by atoms with Crippen molar-refractivity contribution in [2.45, 2.75) is 118 Å². The minimum Gasteiger partial charge on any atom is -0.480 e. The van der Waals surface area contributed by atoms with Gasteiger partial charge in [0.1, 0.15) is 30.3 Å². The monoisotopic (exact) mass is 856 g/mol. The van der Waals surface area contributed by atoms with Gasteiger partial charge < -0.3 is 51.6 Å². The van der Waals surface area contributed by atoms with Crippen molar-refractivity contribution < 1.29 is 67.6 Å². The molecular weight excluding hydrogens is 788 g/mol. The van der Waals surface area contributed by atoms with Gasteiger partial charge in [-0.3, -0.25) is 47.9 Å². The summed E-state index contributed by atoms with van der Waals surface area (Å²) in [4.78, 5) is 125. The van der Waals surface area contributed by atoms with E-state index in [0.717, 1.165) is 0 Å². The maximum atomic E-state index is 13.8. The number of nitrogens with one attached hydrogen (secondary N) is 2. The Hall–Kier alpha value is -4.98. The molecule has 342 valence electrons. The molecule has 0 aliphatic heterocycles. The average molecular weight is 857 g/mol. The van der Waals surface area contributed by atoms with Crippen molar-refractivity contribution in [1.82, 2.24) is 20.4 Å². The highest BCUT2D eigenvalue weighted by molar-refractivity contribution is 5.86. The third-order valence-corrected chi connectivity index (χ3v) is 9.49. The summed E-state index contributed by atoms with van der Waals surface area (Å²) >= 11 is 0. The van der Waals surface area contributed by atoms with E-state index in [9.17, 15) is 47.9 Å². The summed E-state index contributed by atoms with van der Waals surface area (Å²) in [6.07, 6.45) is -0.718. The number of carbonyl (C=O) groups is 10. The Morgan fingerprint density at radius 2 is 1.07 bits per heavy atom. The fourth-order valence-electron chi connectivity index (χ4n) is 5.73. The molecule has 3 atom stereocenters. The number of amides is 4. The first-order chi connectivity index (χ1) is 27.9. The van der Waals surface area contributed by atoms with E-state index < -0.39 is 70.9 Å². The second-order valence-electron chi connectivity index (χ2n) is 16.0. The molecule has 0 bridgehead atoms. The van der Waals surface area contributed by atoms with Crippen LogP contribution >= 0.6 is 0 Å². The quantitative estimate of drug-likeness (QED) is 0.0499. The molecule has 0 aromatic carbocycles. The molecule has 4 amide bonds. The number of rotatable bonds is 32. The molecule has 20 nitrogen and oxygen atoms in total. The van der Waals surface area contributed by atoms with Gasteiger partial charge in [0.25, 0.3) is 0 Å². The highest BCUT2D eigenvalue weighted by Crippen LogP contribution is 2.29. The van der Waals surface area contributed by atoms with Gasteiger partial charge >= 0.3 is 23.9 Å². The zero-order valence-corrected chi connectivity index (χ0v) is 36.3. The predicted octanol–water partition coefficient (Wildman–Crippen LogP) is 0.410. The average Bonchev–Trinajstić information content (AvgIpc) is 3.17. The molecule has 0 aliphatic carbocycles. The second kappa shape index (κ2) is 28.5. The van der Waals surface area contributed by atoms with E-state index in [1.54, 1.807) is 48.5 Å². The number of esters is 2. The molecule has 20 heteroatoms. The van der Waals surface area contributed by atoms with Crippen molar-refractivity contribution in [2.75, 3.05) is 52.5 Å². The first-order valence-electron chi connectivity index (χ1n) is 20.3. The van der Waals surface area contributed by atoms with E-state index in [0.29, 0.717) is 0 Å². The van der Waals surface area contributed by atoms with Crippen LogP contribution in [-0.4, -0.2) is 144 Å². The number of nitrogens with zero attached hydrogens (tertiary/aromatic N) is 2. The highest BCUT2D eigenvalue weighted by Gasteiger charge is 2.35. The summed E-state index contributed by atoms with van der Waals surface area (Å²) in [5.74, 6) is -6.93. The van der Waals surface area contributed by atoms with Crippen molar-refractivity contribution in [3.63, 3.8) is 0 Å². The Labute approximate surface area is 352 Å². The molecule has 0 spiro atoms. The van der Waals surface area contributed by atoms with Gasteiger partial charge in [-0.25, -0.2) is 0 Å². The molecule has 0 rings (SSSR count). The van der Waals surface area contributed by atoms with Gasteiger partial charge in [-0.15, -0.1) is 0 Å². The van der Waals surface area contributed by atoms with Gasteiger partial charge in [0.05, 0.1) is 26.0 Å². The zero-order valence-electron chi connectivity index (χ0n) is 36.3. The van der Waals surface area contributed by atoms with Gasteiger partial charge in [0.2, 0.25) is 23.6 Å². The van der Waals surface area contributed by atoms with Crippen molar-refractivity contribution >= 4 is 59.1 Å². The summed E-state index contributed by atoms with van der Waals surface area (Å²) < 4.78 is 10.5. The van der Waals surface area contributed by atoms with Crippen molar-refractivity contribution in [3.8, 4) is 0 Å². The van der Waals surface area contributed by atoms with E-state index in [-0.39, 0.29) is 134 Å². The molecule has 0 aromatic rings. The molecule has 0 fully saturated rings. The SMILES string of the molecule is CC(C)C(=O)CCC(=O)OCCN(CCNC(=O)CC[C@H](N)C(=O)O)C(=O)C(C)(C)CC(C)C(=O)CCOC(=O)CCN(CCNC(=O)CC[C@H](N)C(=O)O)C(=O)C(C)C. The van der Waals surface area contributed by atoms with Crippen LogP contribution in [0.3, 0.4) is 0 Å². The molecule has 0 saturated heterocycles. The number of carbonyl (C=O) groups excluding carboxylic acids is 8.